The fourth-order valence-corrected chi connectivity index (χ4v) is 2.15. The molecule has 1 N–H and O–H groups in total. The second kappa shape index (κ2) is 5.38. The Morgan fingerprint density at radius 1 is 1.29 bits per heavy atom. The van der Waals surface area contributed by atoms with E-state index in [0.717, 1.165) is 17.0 Å². The summed E-state index contributed by atoms with van der Waals surface area (Å²) in [5.41, 5.74) is -0.971. The Hall–Kier alpha value is -2.05. The number of nitrogens with one attached hydrogen (secondary N) is 1. The van der Waals surface area contributed by atoms with Gasteiger partial charge < -0.3 is 5.32 Å². The van der Waals surface area contributed by atoms with Crippen LogP contribution >= 0.6 is 0 Å². The summed E-state index contributed by atoms with van der Waals surface area (Å²) in [5, 5.41) is 2.64. The molecule has 1 aromatic rings. The number of hydrogen-bond acceptors (Lipinski definition) is 2. The van der Waals surface area contributed by atoms with Gasteiger partial charge in [-0.05, 0) is 24.1 Å². The minimum atomic E-state index is -4.52. The number of benzene rings is 1. The van der Waals surface area contributed by atoms with E-state index in [1.807, 2.05) is 13.8 Å². The van der Waals surface area contributed by atoms with E-state index in [-0.39, 0.29) is 24.1 Å². The number of carbonyl (C=O) groups excluding carboxylic acids is 2. The molecule has 0 spiro atoms. The molecule has 1 heterocycles. The lowest BCUT2D eigenvalue weighted by Gasteiger charge is -2.33. The van der Waals surface area contributed by atoms with Crippen molar-refractivity contribution in [1.82, 2.24) is 5.32 Å². The van der Waals surface area contributed by atoms with E-state index in [1.54, 1.807) is 0 Å². The van der Waals surface area contributed by atoms with Gasteiger partial charge in [-0.25, -0.2) is 9.69 Å². The molecule has 3 amide bonds. The number of imide groups is 1. The highest BCUT2D eigenvalue weighted by Gasteiger charge is 2.36. The molecule has 7 heteroatoms. The maximum atomic E-state index is 12.7. The predicted octanol–water partition coefficient (Wildman–Crippen LogP) is 3.18. The highest BCUT2D eigenvalue weighted by Crippen LogP contribution is 2.32. The molecule has 0 bridgehead atoms. The first-order valence-corrected chi connectivity index (χ1v) is 6.51. The lowest BCUT2D eigenvalue weighted by molar-refractivity contribution is -0.137. The summed E-state index contributed by atoms with van der Waals surface area (Å²) in [6, 6.07) is 3.19. The number of nitrogens with zero attached hydrogens (tertiary/aromatic N) is 1. The molecular weight excluding hydrogens is 285 g/mol. The van der Waals surface area contributed by atoms with E-state index in [2.05, 4.69) is 5.32 Å². The van der Waals surface area contributed by atoms with Crippen molar-refractivity contribution < 1.29 is 22.8 Å². The van der Waals surface area contributed by atoms with Gasteiger partial charge in [0.1, 0.15) is 0 Å². The summed E-state index contributed by atoms with van der Waals surface area (Å²) in [6.07, 6.45) is -4.45. The van der Waals surface area contributed by atoms with Gasteiger partial charge in [0.25, 0.3) is 0 Å². The summed E-state index contributed by atoms with van der Waals surface area (Å²) in [4.78, 5) is 24.8. The average Bonchev–Trinajstić information content (AvgIpc) is 2.37. The van der Waals surface area contributed by atoms with Crippen molar-refractivity contribution in [2.45, 2.75) is 32.5 Å². The van der Waals surface area contributed by atoms with Gasteiger partial charge >= 0.3 is 12.2 Å². The molecule has 1 unspecified atom stereocenters. The molecule has 0 saturated carbocycles. The topological polar surface area (TPSA) is 49.4 Å². The van der Waals surface area contributed by atoms with Gasteiger partial charge in [-0.2, -0.15) is 13.2 Å². The SMILES string of the molecule is CC(C)C1CC(=O)N(c2cccc(C(F)(F)F)c2)C(=O)N1. The van der Waals surface area contributed by atoms with Crippen LogP contribution < -0.4 is 10.2 Å². The highest BCUT2D eigenvalue weighted by atomic mass is 19.4. The van der Waals surface area contributed by atoms with Crippen LogP contribution in [-0.2, 0) is 11.0 Å². The standard InChI is InChI=1S/C14H15F3N2O2/c1-8(2)11-7-12(20)19(13(21)18-11)10-5-3-4-9(6-10)14(15,16)17/h3-6,8,11H,7H2,1-2H3,(H,18,21). The van der Waals surface area contributed by atoms with Gasteiger partial charge in [-0.1, -0.05) is 19.9 Å². The lowest BCUT2D eigenvalue weighted by atomic mass is 9.98. The number of carbonyl (C=O) groups is 2. The first kappa shape index (κ1) is 15.3. The Morgan fingerprint density at radius 2 is 1.95 bits per heavy atom. The summed E-state index contributed by atoms with van der Waals surface area (Å²) in [5.74, 6) is -0.432. The summed E-state index contributed by atoms with van der Waals surface area (Å²) >= 11 is 0. The number of anilines is 1. The number of alkyl halides is 3. The Kier molecular flexibility index (Phi) is 3.93. The first-order valence-electron chi connectivity index (χ1n) is 6.51. The van der Waals surface area contributed by atoms with E-state index in [4.69, 9.17) is 0 Å². The van der Waals surface area contributed by atoms with Crippen molar-refractivity contribution in [3.05, 3.63) is 29.8 Å². The molecule has 0 aliphatic carbocycles. The molecule has 1 atom stereocenters. The fraction of sp³-hybridized carbons (Fsp3) is 0.429. The van der Waals surface area contributed by atoms with E-state index >= 15 is 0 Å². The molecule has 1 saturated heterocycles. The molecule has 0 aromatic heterocycles. The molecule has 4 nitrogen and oxygen atoms in total. The molecule has 0 radical (unpaired) electrons. The van der Waals surface area contributed by atoms with Crippen LogP contribution in [0.2, 0.25) is 0 Å². The highest BCUT2D eigenvalue weighted by molar-refractivity contribution is 6.16. The lowest BCUT2D eigenvalue weighted by Crippen LogP contribution is -2.56. The zero-order valence-corrected chi connectivity index (χ0v) is 11.6. The van der Waals surface area contributed by atoms with Crippen molar-refractivity contribution in [3.63, 3.8) is 0 Å². The number of hydrogen-bond donors (Lipinski definition) is 1. The van der Waals surface area contributed by atoms with Gasteiger partial charge in [-0.3, -0.25) is 4.79 Å². The molecule has 1 fully saturated rings. The third-order valence-corrected chi connectivity index (χ3v) is 3.39. The predicted molar refractivity (Wildman–Crippen MR) is 70.7 cm³/mol. The maximum Gasteiger partial charge on any atom is 0.416 e. The Labute approximate surface area is 119 Å². The molecule has 1 aromatic carbocycles. The quantitative estimate of drug-likeness (QED) is 0.912. The monoisotopic (exact) mass is 300 g/mol. The molecule has 2 rings (SSSR count). The third-order valence-electron chi connectivity index (χ3n) is 3.39. The van der Waals surface area contributed by atoms with E-state index < -0.39 is 23.7 Å². The van der Waals surface area contributed by atoms with Crippen molar-refractivity contribution in [2.24, 2.45) is 5.92 Å². The Bertz CT molecular complexity index is 552. The minimum Gasteiger partial charge on any atom is -0.334 e. The fourth-order valence-electron chi connectivity index (χ4n) is 2.15. The van der Waals surface area contributed by atoms with Gasteiger partial charge in [0.2, 0.25) is 5.91 Å². The van der Waals surface area contributed by atoms with E-state index in [0.29, 0.717) is 0 Å². The Balaban J connectivity index is 2.30. The number of amides is 3. The van der Waals surface area contributed by atoms with E-state index in [9.17, 15) is 22.8 Å². The summed E-state index contributed by atoms with van der Waals surface area (Å²) in [7, 11) is 0. The van der Waals surface area contributed by atoms with Crippen molar-refractivity contribution in [2.75, 3.05) is 4.90 Å². The van der Waals surface area contributed by atoms with Gasteiger partial charge in [0.15, 0.2) is 0 Å². The average molecular weight is 300 g/mol. The van der Waals surface area contributed by atoms with Crippen LogP contribution in [0.1, 0.15) is 25.8 Å². The summed E-state index contributed by atoms with van der Waals surface area (Å²) < 4.78 is 38.1. The zero-order chi connectivity index (χ0) is 15.8. The van der Waals surface area contributed by atoms with Crippen LogP contribution in [0.15, 0.2) is 24.3 Å². The zero-order valence-electron chi connectivity index (χ0n) is 11.6. The summed E-state index contributed by atoms with van der Waals surface area (Å²) in [6.45, 7) is 3.72. The van der Waals surface area contributed by atoms with Crippen LogP contribution in [0.5, 0.6) is 0 Å². The second-order valence-electron chi connectivity index (χ2n) is 5.28. The molecular formula is C14H15F3N2O2. The largest absolute Gasteiger partial charge is 0.416 e. The van der Waals surface area contributed by atoms with Gasteiger partial charge in [0, 0.05) is 12.5 Å². The van der Waals surface area contributed by atoms with Gasteiger partial charge in [0.05, 0.1) is 11.3 Å². The Morgan fingerprint density at radius 3 is 2.48 bits per heavy atom. The maximum absolute atomic E-state index is 12.7. The smallest absolute Gasteiger partial charge is 0.334 e. The normalized spacial score (nSPS) is 19.9. The second-order valence-corrected chi connectivity index (χ2v) is 5.28. The van der Waals surface area contributed by atoms with Crippen LogP contribution in [0.25, 0.3) is 0 Å². The van der Waals surface area contributed by atoms with Crippen LogP contribution in [-0.4, -0.2) is 18.0 Å². The van der Waals surface area contributed by atoms with Crippen LogP contribution in [0.3, 0.4) is 0 Å². The number of halogens is 3. The third kappa shape index (κ3) is 3.17. The van der Waals surface area contributed by atoms with E-state index in [1.165, 1.54) is 12.1 Å². The van der Waals surface area contributed by atoms with Crippen LogP contribution in [0.4, 0.5) is 23.7 Å². The van der Waals surface area contributed by atoms with Crippen molar-refractivity contribution in [1.29, 1.82) is 0 Å². The first-order chi connectivity index (χ1) is 9.70. The molecule has 114 valence electrons. The van der Waals surface area contributed by atoms with Crippen LogP contribution in [0, 0.1) is 5.92 Å². The molecule has 21 heavy (non-hydrogen) atoms. The minimum absolute atomic E-state index is 0.0691. The number of urea groups is 1. The number of rotatable bonds is 2. The van der Waals surface area contributed by atoms with Crippen molar-refractivity contribution >= 4 is 17.6 Å². The molecule has 1 aliphatic rings. The molecule has 1 aliphatic heterocycles. The van der Waals surface area contributed by atoms with Gasteiger partial charge in [-0.15, -0.1) is 0 Å². The van der Waals surface area contributed by atoms with Crippen molar-refractivity contribution in [3.8, 4) is 0 Å².